The summed E-state index contributed by atoms with van der Waals surface area (Å²) in [7, 11) is 2.26. The lowest BCUT2D eigenvalue weighted by Gasteiger charge is -2.38. The Hall–Kier alpha value is -0.0800. The van der Waals surface area contributed by atoms with Crippen molar-refractivity contribution in [2.24, 2.45) is 11.3 Å². The van der Waals surface area contributed by atoms with Crippen LogP contribution in [-0.2, 0) is 0 Å². The molecule has 2 aliphatic rings. The fraction of sp³-hybridized carbons (Fsp3) is 1.00. The summed E-state index contributed by atoms with van der Waals surface area (Å²) in [6, 6.07) is 1.51. The van der Waals surface area contributed by atoms with Gasteiger partial charge in [0.15, 0.2) is 0 Å². The van der Waals surface area contributed by atoms with Crippen LogP contribution in [0.1, 0.15) is 65.7 Å². The molecule has 1 aliphatic carbocycles. The SMILES string of the molecule is CC(C)CC1(CNC2CCN(C)C(C)C2)CCCC1. The summed E-state index contributed by atoms with van der Waals surface area (Å²) >= 11 is 0. The molecule has 2 heteroatoms. The van der Waals surface area contributed by atoms with E-state index < -0.39 is 0 Å². The molecule has 0 aromatic heterocycles. The molecule has 2 unspecified atom stereocenters. The predicted octanol–water partition coefficient (Wildman–Crippen LogP) is 3.67. The number of piperidine rings is 1. The van der Waals surface area contributed by atoms with Crippen LogP contribution in [0.5, 0.6) is 0 Å². The maximum absolute atomic E-state index is 3.93. The molecule has 1 heterocycles. The van der Waals surface area contributed by atoms with Gasteiger partial charge in [0.1, 0.15) is 0 Å². The van der Waals surface area contributed by atoms with Crippen molar-refractivity contribution < 1.29 is 0 Å². The Morgan fingerprint density at radius 2 is 1.95 bits per heavy atom. The Morgan fingerprint density at radius 3 is 2.53 bits per heavy atom. The molecule has 2 rings (SSSR count). The molecule has 0 radical (unpaired) electrons. The summed E-state index contributed by atoms with van der Waals surface area (Å²) in [5.41, 5.74) is 0.626. The van der Waals surface area contributed by atoms with Crippen LogP contribution in [0.15, 0.2) is 0 Å². The van der Waals surface area contributed by atoms with Gasteiger partial charge in [0.25, 0.3) is 0 Å². The van der Waals surface area contributed by atoms with Crippen molar-refractivity contribution >= 4 is 0 Å². The minimum Gasteiger partial charge on any atom is -0.313 e. The van der Waals surface area contributed by atoms with Crippen LogP contribution in [0.3, 0.4) is 0 Å². The highest BCUT2D eigenvalue weighted by Gasteiger charge is 2.35. The molecule has 0 amide bonds. The van der Waals surface area contributed by atoms with Gasteiger partial charge in [0, 0.05) is 18.6 Å². The van der Waals surface area contributed by atoms with Crippen LogP contribution < -0.4 is 5.32 Å². The predicted molar refractivity (Wildman–Crippen MR) is 83.5 cm³/mol. The van der Waals surface area contributed by atoms with E-state index in [1.165, 1.54) is 58.0 Å². The van der Waals surface area contributed by atoms with Crippen molar-refractivity contribution in [1.82, 2.24) is 10.2 Å². The molecule has 1 saturated heterocycles. The fourth-order valence-corrected chi connectivity index (χ4v) is 4.28. The first-order chi connectivity index (χ1) is 9.01. The molecule has 2 atom stereocenters. The van der Waals surface area contributed by atoms with E-state index >= 15 is 0 Å². The molecule has 112 valence electrons. The quantitative estimate of drug-likeness (QED) is 0.817. The van der Waals surface area contributed by atoms with Crippen LogP contribution in [0, 0.1) is 11.3 Å². The molecule has 19 heavy (non-hydrogen) atoms. The maximum atomic E-state index is 3.93. The molecule has 0 aromatic carbocycles. The van der Waals surface area contributed by atoms with E-state index in [4.69, 9.17) is 0 Å². The largest absolute Gasteiger partial charge is 0.313 e. The molecule has 1 aliphatic heterocycles. The highest BCUT2D eigenvalue weighted by molar-refractivity contribution is 4.90. The summed E-state index contributed by atoms with van der Waals surface area (Å²) in [6.07, 6.45) is 9.91. The van der Waals surface area contributed by atoms with Gasteiger partial charge in [-0.3, -0.25) is 0 Å². The maximum Gasteiger partial charge on any atom is 0.00942 e. The van der Waals surface area contributed by atoms with Gasteiger partial charge < -0.3 is 10.2 Å². The van der Waals surface area contributed by atoms with E-state index in [0.717, 1.165) is 18.0 Å². The van der Waals surface area contributed by atoms with Crippen molar-refractivity contribution in [3.63, 3.8) is 0 Å². The number of hydrogen-bond donors (Lipinski definition) is 1. The molecule has 2 fully saturated rings. The molecular weight excluding hydrogens is 232 g/mol. The zero-order valence-corrected chi connectivity index (χ0v) is 13.5. The normalized spacial score (nSPS) is 32.1. The van der Waals surface area contributed by atoms with Crippen LogP contribution >= 0.6 is 0 Å². The average Bonchev–Trinajstić information content (AvgIpc) is 2.79. The minimum atomic E-state index is 0.626. The average molecular weight is 266 g/mol. The van der Waals surface area contributed by atoms with Crippen LogP contribution in [-0.4, -0.2) is 37.1 Å². The minimum absolute atomic E-state index is 0.626. The molecule has 1 saturated carbocycles. The highest BCUT2D eigenvalue weighted by Crippen LogP contribution is 2.42. The summed E-state index contributed by atoms with van der Waals surface area (Å²) in [5, 5.41) is 3.93. The molecule has 1 N–H and O–H groups in total. The van der Waals surface area contributed by atoms with Crippen molar-refractivity contribution in [3.8, 4) is 0 Å². The second-order valence-electron chi connectivity index (χ2n) is 7.74. The Balaban J connectivity index is 1.82. The van der Waals surface area contributed by atoms with Gasteiger partial charge in [-0.1, -0.05) is 26.7 Å². The Bertz CT molecular complexity index is 268. The Morgan fingerprint density at radius 1 is 1.26 bits per heavy atom. The molecule has 0 spiro atoms. The number of hydrogen-bond acceptors (Lipinski definition) is 2. The van der Waals surface area contributed by atoms with Gasteiger partial charge in [0.2, 0.25) is 0 Å². The van der Waals surface area contributed by atoms with Gasteiger partial charge in [-0.15, -0.1) is 0 Å². The lowest BCUT2D eigenvalue weighted by Crippen LogP contribution is -2.48. The van der Waals surface area contributed by atoms with Crippen molar-refractivity contribution in [3.05, 3.63) is 0 Å². The zero-order valence-electron chi connectivity index (χ0n) is 13.5. The monoisotopic (exact) mass is 266 g/mol. The van der Waals surface area contributed by atoms with E-state index in [2.05, 4.69) is 38.0 Å². The van der Waals surface area contributed by atoms with Crippen LogP contribution in [0.4, 0.5) is 0 Å². The molecule has 0 bridgehead atoms. The third-order valence-electron chi connectivity index (χ3n) is 5.48. The Kier molecular flexibility index (Phi) is 5.30. The lowest BCUT2D eigenvalue weighted by atomic mass is 9.78. The second-order valence-corrected chi connectivity index (χ2v) is 7.74. The smallest absolute Gasteiger partial charge is 0.00942 e. The standard InChI is InChI=1S/C17H34N2/c1-14(2)12-17(8-5-6-9-17)13-18-16-7-10-19(4)15(3)11-16/h14-16,18H,5-13H2,1-4H3. The first-order valence-corrected chi connectivity index (χ1v) is 8.44. The summed E-state index contributed by atoms with van der Waals surface area (Å²) in [4.78, 5) is 2.50. The molecule has 0 aromatic rings. The number of rotatable bonds is 5. The van der Waals surface area contributed by atoms with Crippen molar-refractivity contribution in [2.45, 2.75) is 77.8 Å². The van der Waals surface area contributed by atoms with E-state index in [9.17, 15) is 0 Å². The van der Waals surface area contributed by atoms with Crippen LogP contribution in [0.2, 0.25) is 0 Å². The first-order valence-electron chi connectivity index (χ1n) is 8.44. The van der Waals surface area contributed by atoms with Gasteiger partial charge in [-0.05, 0) is 64.0 Å². The van der Waals surface area contributed by atoms with Crippen molar-refractivity contribution in [1.29, 1.82) is 0 Å². The van der Waals surface area contributed by atoms with E-state index in [1.54, 1.807) is 0 Å². The number of nitrogens with one attached hydrogen (secondary N) is 1. The zero-order chi connectivity index (χ0) is 13.9. The third kappa shape index (κ3) is 4.19. The summed E-state index contributed by atoms with van der Waals surface area (Å²) in [6.45, 7) is 9.67. The van der Waals surface area contributed by atoms with Gasteiger partial charge in [0.05, 0.1) is 0 Å². The van der Waals surface area contributed by atoms with E-state index in [-0.39, 0.29) is 0 Å². The highest BCUT2D eigenvalue weighted by atomic mass is 15.1. The Labute approximate surface area is 120 Å². The van der Waals surface area contributed by atoms with Gasteiger partial charge in [-0.25, -0.2) is 0 Å². The van der Waals surface area contributed by atoms with E-state index in [1.807, 2.05) is 0 Å². The van der Waals surface area contributed by atoms with Gasteiger partial charge in [-0.2, -0.15) is 0 Å². The number of likely N-dealkylation sites (tertiary alicyclic amines) is 1. The first kappa shape index (κ1) is 15.3. The third-order valence-corrected chi connectivity index (χ3v) is 5.48. The van der Waals surface area contributed by atoms with E-state index in [0.29, 0.717) is 5.41 Å². The lowest BCUT2D eigenvalue weighted by molar-refractivity contribution is 0.149. The van der Waals surface area contributed by atoms with Crippen molar-refractivity contribution in [2.75, 3.05) is 20.1 Å². The summed E-state index contributed by atoms with van der Waals surface area (Å²) in [5.74, 6) is 0.844. The molecular formula is C17H34N2. The summed E-state index contributed by atoms with van der Waals surface area (Å²) < 4.78 is 0. The fourth-order valence-electron chi connectivity index (χ4n) is 4.28. The van der Waals surface area contributed by atoms with Gasteiger partial charge >= 0.3 is 0 Å². The second kappa shape index (κ2) is 6.58. The molecule has 2 nitrogen and oxygen atoms in total. The topological polar surface area (TPSA) is 15.3 Å². The van der Waals surface area contributed by atoms with Crippen LogP contribution in [0.25, 0.3) is 0 Å². The number of nitrogens with zero attached hydrogens (tertiary/aromatic N) is 1.